The third kappa shape index (κ3) is 6.61. The Bertz CT molecular complexity index is 735. The average Bonchev–Trinajstić information content (AvgIpc) is 3.10. The number of carboxylic acid groups (broad SMARTS) is 1. The van der Waals surface area contributed by atoms with E-state index in [0.717, 1.165) is 6.92 Å². The second-order valence-electron chi connectivity index (χ2n) is 7.65. The summed E-state index contributed by atoms with van der Waals surface area (Å²) >= 11 is 0. The summed E-state index contributed by atoms with van der Waals surface area (Å²) in [5.74, 6) is -1.64. The van der Waals surface area contributed by atoms with Gasteiger partial charge in [-0.25, -0.2) is 9.79 Å². The van der Waals surface area contributed by atoms with Crippen LogP contribution in [-0.4, -0.2) is 124 Å². The van der Waals surface area contributed by atoms with Crippen molar-refractivity contribution in [3.8, 4) is 0 Å². The molecule has 182 valence electrons. The summed E-state index contributed by atoms with van der Waals surface area (Å²) in [6.07, 6.45) is -10.4. The summed E-state index contributed by atoms with van der Waals surface area (Å²) in [6.45, 7) is 1.06. The van der Waals surface area contributed by atoms with Gasteiger partial charge in [0.05, 0.1) is 13.2 Å². The summed E-state index contributed by atoms with van der Waals surface area (Å²) in [4.78, 5) is 18.6. The molecule has 0 aromatic carbocycles. The predicted octanol–water partition coefficient (Wildman–Crippen LogP) is -7.03. The normalized spacial score (nSPS) is 40.9. The maximum atomic E-state index is 11.6. The topological polar surface area (TPSA) is 212 Å². The Labute approximate surface area is 211 Å². The quantitative estimate of drug-likeness (QED) is 0.123. The van der Waals surface area contributed by atoms with E-state index in [2.05, 4.69) is 9.98 Å². The van der Waals surface area contributed by atoms with E-state index >= 15 is 0 Å². The SMILES string of the molecule is CC([O-])=N[C@H]1[C@H](O[C@H]2[C@H](O)[C@H]3N=C(C)O[C@H]3O[C@@H]2CO)O[C@H](COCC(=O)O)[C@@H](O)[C@@H]1O.[Na+]. The van der Waals surface area contributed by atoms with Crippen LogP contribution in [0.4, 0.5) is 0 Å². The molecule has 2 fully saturated rings. The van der Waals surface area contributed by atoms with Gasteiger partial charge in [0.1, 0.15) is 55.3 Å². The van der Waals surface area contributed by atoms with Gasteiger partial charge in [-0.1, -0.05) is 0 Å². The maximum Gasteiger partial charge on any atom is 1.00 e. The van der Waals surface area contributed by atoms with Crippen molar-refractivity contribution in [1.29, 1.82) is 0 Å². The van der Waals surface area contributed by atoms with E-state index in [0.29, 0.717) is 0 Å². The van der Waals surface area contributed by atoms with Crippen LogP contribution >= 0.6 is 0 Å². The van der Waals surface area contributed by atoms with Crippen LogP contribution in [0.3, 0.4) is 0 Å². The second-order valence-corrected chi connectivity index (χ2v) is 7.65. The number of nitrogens with zero attached hydrogens (tertiary/aromatic N) is 2. The number of rotatable bonds is 8. The number of ether oxygens (including phenoxy) is 5. The third-order valence-electron chi connectivity index (χ3n) is 5.24. The number of hydrogen-bond acceptors (Lipinski definition) is 13. The van der Waals surface area contributed by atoms with E-state index in [1.165, 1.54) is 0 Å². The van der Waals surface area contributed by atoms with Crippen molar-refractivity contribution in [2.75, 3.05) is 19.8 Å². The molecule has 0 aromatic heterocycles. The molecule has 3 aliphatic rings. The van der Waals surface area contributed by atoms with Gasteiger partial charge in [0, 0.05) is 6.92 Å². The van der Waals surface area contributed by atoms with Crippen LogP contribution in [-0.2, 0) is 28.5 Å². The molecule has 0 aliphatic carbocycles. The number of aliphatic hydroxyl groups is 4. The van der Waals surface area contributed by atoms with Crippen molar-refractivity contribution in [2.24, 2.45) is 9.98 Å². The molecule has 2 saturated heterocycles. The van der Waals surface area contributed by atoms with E-state index in [4.69, 9.17) is 28.8 Å². The van der Waals surface area contributed by atoms with Crippen molar-refractivity contribution in [3.63, 3.8) is 0 Å². The van der Waals surface area contributed by atoms with E-state index in [9.17, 15) is 30.3 Å². The van der Waals surface area contributed by atoms with Crippen molar-refractivity contribution in [2.45, 2.75) is 75.1 Å². The zero-order chi connectivity index (χ0) is 23.6. The van der Waals surface area contributed by atoms with Gasteiger partial charge < -0.3 is 54.3 Å². The first-order chi connectivity index (χ1) is 15.1. The molecule has 0 aromatic rings. The van der Waals surface area contributed by atoms with Gasteiger partial charge in [0.25, 0.3) is 0 Å². The molecule has 3 aliphatic heterocycles. The molecular weight excluding hydrogens is 459 g/mol. The molecule has 0 spiro atoms. The van der Waals surface area contributed by atoms with Crippen LogP contribution in [0.2, 0.25) is 0 Å². The fourth-order valence-corrected chi connectivity index (χ4v) is 3.79. The van der Waals surface area contributed by atoms with E-state index in [1.807, 2.05) is 0 Å². The second kappa shape index (κ2) is 12.2. The van der Waals surface area contributed by atoms with Gasteiger partial charge in [-0.2, -0.15) is 0 Å². The monoisotopic (exact) mass is 486 g/mol. The van der Waals surface area contributed by atoms with Gasteiger partial charge in [0.15, 0.2) is 12.2 Å². The van der Waals surface area contributed by atoms with Crippen molar-refractivity contribution in [1.82, 2.24) is 0 Å². The molecule has 0 bridgehead atoms. The Balaban J connectivity index is 0.00000385. The van der Waals surface area contributed by atoms with Crippen LogP contribution < -0.4 is 34.7 Å². The fourth-order valence-electron chi connectivity index (χ4n) is 3.79. The van der Waals surface area contributed by atoms with Crippen LogP contribution in [0.15, 0.2) is 9.98 Å². The number of aliphatic carboxylic acids is 1. The van der Waals surface area contributed by atoms with Crippen LogP contribution in [0, 0.1) is 0 Å². The molecule has 0 amide bonds. The number of hydrogen-bond donors (Lipinski definition) is 5. The Morgan fingerprint density at radius 1 is 1.18 bits per heavy atom. The first-order valence-corrected chi connectivity index (χ1v) is 9.95. The van der Waals surface area contributed by atoms with Crippen LogP contribution in [0.25, 0.3) is 0 Å². The number of carboxylic acids is 1. The molecule has 0 saturated carbocycles. The summed E-state index contributed by atoms with van der Waals surface area (Å²) in [5, 5.41) is 61.7. The minimum atomic E-state index is -1.63. The first-order valence-electron chi connectivity index (χ1n) is 9.95. The molecule has 0 unspecified atom stereocenters. The molecule has 14 nitrogen and oxygen atoms in total. The number of carbonyl (C=O) groups is 1. The smallest absolute Gasteiger partial charge is 0.862 e. The average molecular weight is 486 g/mol. The Morgan fingerprint density at radius 2 is 1.88 bits per heavy atom. The van der Waals surface area contributed by atoms with Crippen molar-refractivity contribution in [3.05, 3.63) is 0 Å². The van der Waals surface area contributed by atoms with Gasteiger partial charge in [-0.05, 0) is 12.8 Å². The zero-order valence-electron chi connectivity index (χ0n) is 18.4. The number of aliphatic hydroxyl groups excluding tert-OH is 4. The Hall–Kier alpha value is -0.910. The molecule has 33 heavy (non-hydrogen) atoms. The van der Waals surface area contributed by atoms with E-state index in [1.54, 1.807) is 6.92 Å². The largest absolute Gasteiger partial charge is 1.00 e. The van der Waals surface area contributed by atoms with Crippen molar-refractivity contribution < 1.29 is 88.7 Å². The maximum absolute atomic E-state index is 11.6. The van der Waals surface area contributed by atoms with E-state index < -0.39 is 93.0 Å². The fraction of sp³-hybridized carbons (Fsp3) is 0.833. The van der Waals surface area contributed by atoms with Gasteiger partial charge in [-0.3, -0.25) is 4.99 Å². The Morgan fingerprint density at radius 3 is 2.48 bits per heavy atom. The molecule has 0 radical (unpaired) electrons. The molecule has 3 heterocycles. The summed E-state index contributed by atoms with van der Waals surface area (Å²) in [7, 11) is 0. The minimum Gasteiger partial charge on any atom is -0.862 e. The van der Waals surface area contributed by atoms with Crippen LogP contribution in [0.1, 0.15) is 13.8 Å². The summed E-state index contributed by atoms with van der Waals surface area (Å²) in [5.41, 5.74) is 0. The van der Waals surface area contributed by atoms with Crippen molar-refractivity contribution >= 4 is 17.8 Å². The number of fused-ring (bicyclic) bond motifs is 1. The minimum absolute atomic E-state index is 0. The number of aliphatic imine (C=N–C) groups is 2. The van der Waals surface area contributed by atoms with Gasteiger partial charge in [-0.15, -0.1) is 0 Å². The molecule has 15 heteroatoms. The molecule has 3 rings (SSSR count). The first kappa shape index (κ1) is 28.3. The standard InChI is InChI=1S/C18H28N2O12.Na/c1-6(22)19-11-14(26)13(25)9(4-28-5-10(23)24)31-18(11)32-16-8(3-21)30-17-12(15(16)27)20-7(2)29-17;/h8-9,11-18,21,25-27H,3-5H2,1-2H3,(H,19,22)(H,23,24);/q;+1/p-1/t8-,9-,11-,12-,13-,14-,15-,16-,17+,18+;/m1./s1. The zero-order valence-corrected chi connectivity index (χ0v) is 20.4. The molecular formula is C18H27N2NaO12. The molecule has 10 atom stereocenters. The Kier molecular flexibility index (Phi) is 10.4. The van der Waals surface area contributed by atoms with E-state index in [-0.39, 0.29) is 35.5 Å². The van der Waals surface area contributed by atoms with Gasteiger partial charge >= 0.3 is 35.5 Å². The van der Waals surface area contributed by atoms with Crippen LogP contribution in [0.5, 0.6) is 0 Å². The summed E-state index contributed by atoms with van der Waals surface area (Å²) in [6, 6.07) is -2.23. The third-order valence-corrected chi connectivity index (χ3v) is 5.24. The predicted molar refractivity (Wildman–Crippen MR) is 101 cm³/mol. The molecule has 5 N–H and O–H groups in total. The summed E-state index contributed by atoms with van der Waals surface area (Å²) < 4.78 is 27.4. The van der Waals surface area contributed by atoms with Gasteiger partial charge in [0.2, 0.25) is 6.29 Å².